The molecule has 0 bridgehead atoms. The van der Waals surface area contributed by atoms with E-state index in [1.807, 2.05) is 6.92 Å². The highest BCUT2D eigenvalue weighted by Gasteiger charge is 2.14. The zero-order valence-corrected chi connectivity index (χ0v) is 10.2. The topological polar surface area (TPSA) is 38.1 Å². The van der Waals surface area contributed by atoms with Gasteiger partial charge in [-0.1, -0.05) is 6.07 Å². The highest BCUT2D eigenvalue weighted by atomic mass is 16.3. The van der Waals surface area contributed by atoms with Gasteiger partial charge in [0.1, 0.15) is 5.52 Å². The first-order valence-electron chi connectivity index (χ1n) is 6.38. The summed E-state index contributed by atoms with van der Waals surface area (Å²) in [6.07, 6.45) is 3.73. The molecule has 2 aromatic rings. The molecule has 1 unspecified atom stereocenters. The molecule has 90 valence electrons. The van der Waals surface area contributed by atoms with Crippen LogP contribution in [0.1, 0.15) is 24.3 Å². The van der Waals surface area contributed by atoms with Gasteiger partial charge in [0.25, 0.3) is 0 Å². The Morgan fingerprint density at radius 2 is 2.41 bits per heavy atom. The molecule has 1 aliphatic rings. The Bertz CT molecular complexity index is 512. The molecule has 17 heavy (non-hydrogen) atoms. The van der Waals surface area contributed by atoms with Gasteiger partial charge in [0.2, 0.25) is 0 Å². The van der Waals surface area contributed by atoms with Crippen molar-refractivity contribution in [3.05, 3.63) is 29.7 Å². The number of fused-ring (bicyclic) bond motifs is 1. The van der Waals surface area contributed by atoms with Gasteiger partial charge in [-0.2, -0.15) is 0 Å². The molecule has 0 aliphatic carbocycles. The summed E-state index contributed by atoms with van der Waals surface area (Å²) >= 11 is 0. The number of oxazole rings is 1. The van der Waals surface area contributed by atoms with Gasteiger partial charge in [0, 0.05) is 6.92 Å². The van der Waals surface area contributed by atoms with Crippen LogP contribution in [0.4, 0.5) is 0 Å². The number of hydrogen-bond acceptors (Lipinski definition) is 3. The van der Waals surface area contributed by atoms with Crippen LogP contribution in [-0.4, -0.2) is 18.1 Å². The Morgan fingerprint density at radius 3 is 3.24 bits per heavy atom. The fourth-order valence-electron chi connectivity index (χ4n) is 2.57. The van der Waals surface area contributed by atoms with Gasteiger partial charge < -0.3 is 9.73 Å². The molecule has 3 nitrogen and oxygen atoms in total. The third-order valence-corrected chi connectivity index (χ3v) is 3.56. The lowest BCUT2D eigenvalue weighted by molar-refractivity contribution is 0.532. The molecule has 1 fully saturated rings. The summed E-state index contributed by atoms with van der Waals surface area (Å²) < 4.78 is 5.56. The summed E-state index contributed by atoms with van der Waals surface area (Å²) in [5, 5.41) is 3.41. The van der Waals surface area contributed by atoms with Crippen LogP contribution < -0.4 is 5.32 Å². The Balaban J connectivity index is 1.71. The highest BCUT2D eigenvalue weighted by molar-refractivity contribution is 5.73. The number of nitrogens with zero attached hydrogens (tertiary/aromatic N) is 1. The molecular weight excluding hydrogens is 212 g/mol. The molecule has 3 heteroatoms. The molecule has 0 amide bonds. The minimum atomic E-state index is 0.747. The molecule has 1 aromatic heterocycles. The van der Waals surface area contributed by atoms with E-state index in [0.29, 0.717) is 0 Å². The number of benzene rings is 1. The van der Waals surface area contributed by atoms with Gasteiger partial charge in [0.15, 0.2) is 11.5 Å². The maximum absolute atomic E-state index is 5.56. The predicted molar refractivity (Wildman–Crippen MR) is 68.0 cm³/mol. The molecule has 3 rings (SSSR count). The van der Waals surface area contributed by atoms with Gasteiger partial charge >= 0.3 is 0 Å². The normalized spacial score (nSPS) is 20.2. The molecule has 1 aliphatic heterocycles. The first-order chi connectivity index (χ1) is 8.31. The minimum absolute atomic E-state index is 0.747. The second-order valence-corrected chi connectivity index (χ2v) is 4.93. The van der Waals surface area contributed by atoms with Gasteiger partial charge in [-0.3, -0.25) is 0 Å². The van der Waals surface area contributed by atoms with Crippen molar-refractivity contribution in [1.29, 1.82) is 0 Å². The summed E-state index contributed by atoms with van der Waals surface area (Å²) in [7, 11) is 0. The monoisotopic (exact) mass is 230 g/mol. The van der Waals surface area contributed by atoms with Crippen LogP contribution in [0.2, 0.25) is 0 Å². The summed E-state index contributed by atoms with van der Waals surface area (Å²) in [6.45, 7) is 4.26. The average Bonchev–Trinajstić information content (AvgIpc) is 2.92. The van der Waals surface area contributed by atoms with E-state index >= 15 is 0 Å². The van der Waals surface area contributed by atoms with Crippen LogP contribution in [0.15, 0.2) is 22.6 Å². The van der Waals surface area contributed by atoms with Crippen molar-refractivity contribution < 1.29 is 4.42 Å². The fourth-order valence-corrected chi connectivity index (χ4v) is 2.57. The van der Waals surface area contributed by atoms with Crippen LogP contribution >= 0.6 is 0 Å². The summed E-state index contributed by atoms with van der Waals surface area (Å²) in [6, 6.07) is 6.37. The summed E-state index contributed by atoms with van der Waals surface area (Å²) in [5.41, 5.74) is 3.25. The summed E-state index contributed by atoms with van der Waals surface area (Å²) in [5.74, 6) is 1.60. The molecule has 2 heterocycles. The lowest BCUT2D eigenvalue weighted by Crippen LogP contribution is -2.09. The maximum atomic E-state index is 5.56. The Morgan fingerprint density at radius 1 is 1.47 bits per heavy atom. The molecule has 0 radical (unpaired) electrons. The minimum Gasteiger partial charge on any atom is -0.441 e. The number of aryl methyl sites for hydroxylation is 2. The van der Waals surface area contributed by atoms with Gasteiger partial charge in [-0.05, 0) is 56.0 Å². The molecule has 1 saturated heterocycles. The van der Waals surface area contributed by atoms with Crippen molar-refractivity contribution in [3.63, 3.8) is 0 Å². The smallest absolute Gasteiger partial charge is 0.192 e. The van der Waals surface area contributed by atoms with Gasteiger partial charge in [0.05, 0.1) is 0 Å². The average molecular weight is 230 g/mol. The van der Waals surface area contributed by atoms with Crippen LogP contribution in [0.25, 0.3) is 11.1 Å². The Labute approximate surface area is 101 Å². The quantitative estimate of drug-likeness (QED) is 0.881. The first kappa shape index (κ1) is 10.8. The van der Waals surface area contributed by atoms with Crippen LogP contribution in [-0.2, 0) is 6.42 Å². The van der Waals surface area contributed by atoms with Crippen molar-refractivity contribution >= 4 is 11.1 Å². The number of hydrogen-bond donors (Lipinski definition) is 1. The second kappa shape index (κ2) is 4.49. The van der Waals surface area contributed by atoms with Gasteiger partial charge in [-0.15, -0.1) is 0 Å². The Hall–Kier alpha value is -1.35. The maximum Gasteiger partial charge on any atom is 0.192 e. The van der Waals surface area contributed by atoms with E-state index in [9.17, 15) is 0 Å². The Kier molecular flexibility index (Phi) is 2.85. The standard InChI is InChI=1S/C14H18N2O/c1-10-16-13-5-4-11(8-14(13)17-10)2-3-12-6-7-15-9-12/h4-5,8,12,15H,2-3,6-7,9H2,1H3. The SMILES string of the molecule is Cc1nc2ccc(CCC3CCNC3)cc2o1. The zero-order valence-electron chi connectivity index (χ0n) is 10.2. The second-order valence-electron chi connectivity index (χ2n) is 4.93. The van der Waals surface area contributed by atoms with E-state index in [4.69, 9.17) is 4.42 Å². The van der Waals surface area contributed by atoms with Crippen LogP contribution in [0.5, 0.6) is 0 Å². The molecule has 1 aromatic carbocycles. The molecule has 1 N–H and O–H groups in total. The van der Waals surface area contributed by atoms with Crippen molar-refractivity contribution in [3.8, 4) is 0 Å². The van der Waals surface area contributed by atoms with Crippen LogP contribution in [0, 0.1) is 12.8 Å². The lowest BCUT2D eigenvalue weighted by atomic mass is 9.99. The number of rotatable bonds is 3. The molecule has 0 saturated carbocycles. The lowest BCUT2D eigenvalue weighted by Gasteiger charge is -2.07. The molecule has 0 spiro atoms. The van der Waals surface area contributed by atoms with E-state index in [1.165, 1.54) is 31.5 Å². The fraction of sp³-hybridized carbons (Fsp3) is 0.500. The molecule has 1 atom stereocenters. The van der Waals surface area contributed by atoms with Crippen molar-refractivity contribution in [2.45, 2.75) is 26.2 Å². The van der Waals surface area contributed by atoms with Gasteiger partial charge in [-0.25, -0.2) is 4.98 Å². The van der Waals surface area contributed by atoms with E-state index in [0.717, 1.165) is 29.3 Å². The number of nitrogens with one attached hydrogen (secondary N) is 1. The van der Waals surface area contributed by atoms with E-state index in [2.05, 4.69) is 28.5 Å². The summed E-state index contributed by atoms with van der Waals surface area (Å²) in [4.78, 5) is 4.32. The highest BCUT2D eigenvalue weighted by Crippen LogP contribution is 2.20. The van der Waals surface area contributed by atoms with Crippen LogP contribution in [0.3, 0.4) is 0 Å². The van der Waals surface area contributed by atoms with Crippen molar-refractivity contribution in [2.75, 3.05) is 13.1 Å². The third kappa shape index (κ3) is 2.34. The van der Waals surface area contributed by atoms with E-state index in [-0.39, 0.29) is 0 Å². The zero-order chi connectivity index (χ0) is 11.7. The largest absolute Gasteiger partial charge is 0.441 e. The van der Waals surface area contributed by atoms with E-state index in [1.54, 1.807) is 0 Å². The van der Waals surface area contributed by atoms with Crippen molar-refractivity contribution in [2.24, 2.45) is 5.92 Å². The predicted octanol–water partition coefficient (Wildman–Crippen LogP) is 2.68. The third-order valence-electron chi connectivity index (χ3n) is 3.56. The molecular formula is C14H18N2O. The van der Waals surface area contributed by atoms with Crippen molar-refractivity contribution in [1.82, 2.24) is 10.3 Å². The number of aromatic nitrogens is 1. The van der Waals surface area contributed by atoms with E-state index < -0.39 is 0 Å². The first-order valence-corrected chi connectivity index (χ1v) is 6.38.